The molecule has 1 amide bonds. The maximum Gasteiger partial charge on any atom is 0.306 e. The SMILES string of the molecule is CCCCC[C@H](N)C(=O)NCCCCNc1nc(N2CCC(C(=O)O)CC2)nc(N2CCN(c3ccccc3OCC)CC2)n1. The standard InChI is InChI=1S/C32H51N9O4/c1-3-5-6-11-25(33)28(42)34-16-9-10-17-35-30-36-31(40-18-14-24(15-19-40)29(43)44)38-32(37-30)41-22-20-39(21-23-41)26-12-7-8-13-27(26)45-4-2/h7-8,12-13,24-25H,3-6,9-11,14-23,33H2,1-2H3,(H,34,42)(H,43,44)(H,35,36,37,38)/t25-/m0/s1. The van der Waals surface area contributed by atoms with Gasteiger partial charge in [-0.1, -0.05) is 38.3 Å². The van der Waals surface area contributed by atoms with E-state index >= 15 is 0 Å². The number of carbonyl (C=O) groups excluding carboxylic acids is 1. The fourth-order valence-electron chi connectivity index (χ4n) is 5.72. The number of amides is 1. The summed E-state index contributed by atoms with van der Waals surface area (Å²) in [5, 5.41) is 15.8. The van der Waals surface area contributed by atoms with Crippen molar-refractivity contribution >= 4 is 35.4 Å². The van der Waals surface area contributed by atoms with Crippen LogP contribution in [0.25, 0.3) is 0 Å². The van der Waals surface area contributed by atoms with Crippen LogP contribution in [0.4, 0.5) is 23.5 Å². The highest BCUT2D eigenvalue weighted by molar-refractivity contribution is 5.81. The molecule has 0 unspecified atom stereocenters. The summed E-state index contributed by atoms with van der Waals surface area (Å²) in [5.74, 6) is 1.41. The molecule has 13 nitrogen and oxygen atoms in total. The summed E-state index contributed by atoms with van der Waals surface area (Å²) >= 11 is 0. The highest BCUT2D eigenvalue weighted by atomic mass is 16.5. The Balaban J connectivity index is 1.35. The number of anilines is 4. The number of carboxylic acids is 1. The first-order valence-electron chi connectivity index (χ1n) is 16.6. The van der Waals surface area contributed by atoms with E-state index in [1.165, 1.54) is 0 Å². The second kappa shape index (κ2) is 17.6. The van der Waals surface area contributed by atoms with E-state index in [2.05, 4.69) is 38.3 Å². The number of hydrogen-bond acceptors (Lipinski definition) is 11. The lowest BCUT2D eigenvalue weighted by Crippen LogP contribution is -2.47. The van der Waals surface area contributed by atoms with Gasteiger partial charge >= 0.3 is 5.97 Å². The smallest absolute Gasteiger partial charge is 0.306 e. The molecule has 0 bridgehead atoms. The number of hydrogen-bond donors (Lipinski definition) is 4. The highest BCUT2D eigenvalue weighted by Crippen LogP contribution is 2.30. The summed E-state index contributed by atoms with van der Waals surface area (Å²) in [6.45, 7) is 10.2. The summed E-state index contributed by atoms with van der Waals surface area (Å²) in [4.78, 5) is 44.7. The number of aliphatic carboxylic acids is 1. The maximum atomic E-state index is 12.2. The second-order valence-corrected chi connectivity index (χ2v) is 11.8. The van der Waals surface area contributed by atoms with E-state index in [0.717, 1.165) is 76.1 Å². The molecule has 4 rings (SSSR count). The van der Waals surface area contributed by atoms with Crippen molar-refractivity contribution in [1.82, 2.24) is 20.3 Å². The number of aromatic nitrogens is 3. The van der Waals surface area contributed by atoms with Crippen molar-refractivity contribution in [3.8, 4) is 5.75 Å². The molecule has 13 heteroatoms. The van der Waals surface area contributed by atoms with Crippen LogP contribution in [0, 0.1) is 5.92 Å². The minimum atomic E-state index is -0.744. The monoisotopic (exact) mass is 625 g/mol. The van der Waals surface area contributed by atoms with Gasteiger partial charge in [0.1, 0.15) is 5.75 Å². The van der Waals surface area contributed by atoms with E-state index < -0.39 is 12.0 Å². The molecule has 0 spiro atoms. The van der Waals surface area contributed by atoms with Crippen LogP contribution < -0.4 is 35.8 Å². The van der Waals surface area contributed by atoms with Gasteiger partial charge in [-0.3, -0.25) is 9.59 Å². The first-order chi connectivity index (χ1) is 21.9. The second-order valence-electron chi connectivity index (χ2n) is 11.8. The Hall–Kier alpha value is -3.87. The minimum Gasteiger partial charge on any atom is -0.492 e. The lowest BCUT2D eigenvalue weighted by Gasteiger charge is -2.37. The number of ether oxygens (including phenoxy) is 1. The molecule has 1 aromatic heterocycles. The predicted octanol–water partition coefficient (Wildman–Crippen LogP) is 3.11. The summed E-state index contributed by atoms with van der Waals surface area (Å²) in [6.07, 6.45) is 6.63. The zero-order chi connectivity index (χ0) is 32.0. The molecule has 0 saturated carbocycles. The molecular weight excluding hydrogens is 574 g/mol. The van der Waals surface area contributed by atoms with Gasteiger partial charge < -0.3 is 40.9 Å². The van der Waals surface area contributed by atoms with Crippen LogP contribution in [-0.4, -0.2) is 96.9 Å². The molecule has 2 saturated heterocycles. The minimum absolute atomic E-state index is 0.0843. The molecule has 248 valence electrons. The van der Waals surface area contributed by atoms with E-state index in [-0.39, 0.29) is 11.8 Å². The van der Waals surface area contributed by atoms with Gasteiger partial charge in [0, 0.05) is 52.4 Å². The van der Waals surface area contributed by atoms with Crippen molar-refractivity contribution in [2.45, 2.75) is 71.3 Å². The molecule has 2 aliphatic heterocycles. The molecule has 0 radical (unpaired) electrons. The Morgan fingerprint density at radius 3 is 2.22 bits per heavy atom. The number of para-hydroxylation sites is 2. The summed E-state index contributed by atoms with van der Waals surface area (Å²) in [5.41, 5.74) is 7.10. The van der Waals surface area contributed by atoms with Gasteiger partial charge in [0.25, 0.3) is 0 Å². The number of nitrogens with zero attached hydrogens (tertiary/aromatic N) is 6. The van der Waals surface area contributed by atoms with Crippen molar-refractivity contribution in [3.63, 3.8) is 0 Å². The molecule has 3 heterocycles. The molecule has 5 N–H and O–H groups in total. The first-order valence-corrected chi connectivity index (χ1v) is 16.6. The molecular formula is C32H51N9O4. The third-order valence-electron chi connectivity index (χ3n) is 8.45. The number of carboxylic acid groups (broad SMARTS) is 1. The normalized spacial score (nSPS) is 16.4. The van der Waals surface area contributed by atoms with Crippen LogP contribution in [-0.2, 0) is 9.59 Å². The van der Waals surface area contributed by atoms with Crippen LogP contribution in [0.3, 0.4) is 0 Å². The van der Waals surface area contributed by atoms with Crippen LogP contribution >= 0.6 is 0 Å². The largest absolute Gasteiger partial charge is 0.492 e. The predicted molar refractivity (Wildman–Crippen MR) is 177 cm³/mol. The molecule has 2 aliphatic rings. The van der Waals surface area contributed by atoms with Gasteiger partial charge in [0.15, 0.2) is 0 Å². The van der Waals surface area contributed by atoms with E-state index in [9.17, 15) is 14.7 Å². The molecule has 1 aromatic carbocycles. The van der Waals surface area contributed by atoms with E-state index in [1.54, 1.807) is 0 Å². The molecule has 2 aromatic rings. The van der Waals surface area contributed by atoms with Crippen LogP contribution in [0.2, 0.25) is 0 Å². The Morgan fingerprint density at radius 2 is 1.56 bits per heavy atom. The summed E-state index contributed by atoms with van der Waals surface area (Å²) in [7, 11) is 0. The number of rotatable bonds is 17. The lowest BCUT2D eigenvalue weighted by atomic mass is 9.97. The Morgan fingerprint density at radius 1 is 0.911 bits per heavy atom. The molecule has 2 fully saturated rings. The van der Waals surface area contributed by atoms with Crippen LogP contribution in [0.15, 0.2) is 24.3 Å². The van der Waals surface area contributed by atoms with Gasteiger partial charge in [-0.05, 0) is 51.2 Å². The van der Waals surface area contributed by atoms with Gasteiger partial charge in [0.05, 0.1) is 24.3 Å². The van der Waals surface area contributed by atoms with Crippen molar-refractivity contribution in [2.75, 3.05) is 79.0 Å². The van der Waals surface area contributed by atoms with Gasteiger partial charge in [-0.2, -0.15) is 15.0 Å². The molecule has 0 aliphatic carbocycles. The summed E-state index contributed by atoms with van der Waals surface area (Å²) < 4.78 is 5.86. The quantitative estimate of drug-likeness (QED) is 0.190. The Bertz CT molecular complexity index is 1220. The third kappa shape index (κ3) is 10.1. The van der Waals surface area contributed by atoms with Crippen molar-refractivity contribution in [1.29, 1.82) is 0 Å². The summed E-state index contributed by atoms with van der Waals surface area (Å²) in [6, 6.07) is 7.68. The first kappa shape index (κ1) is 34.0. The molecule has 1 atom stereocenters. The molecule has 45 heavy (non-hydrogen) atoms. The van der Waals surface area contributed by atoms with Crippen molar-refractivity contribution in [3.05, 3.63) is 24.3 Å². The number of carbonyl (C=O) groups is 2. The highest BCUT2D eigenvalue weighted by Gasteiger charge is 2.28. The number of nitrogens with one attached hydrogen (secondary N) is 2. The number of piperidine rings is 1. The zero-order valence-corrected chi connectivity index (χ0v) is 26.9. The number of unbranched alkanes of at least 4 members (excludes halogenated alkanes) is 3. The Kier molecular flexibility index (Phi) is 13.3. The average Bonchev–Trinajstić information content (AvgIpc) is 3.06. The fourth-order valence-corrected chi connectivity index (χ4v) is 5.72. The van der Waals surface area contributed by atoms with Crippen LogP contribution in [0.1, 0.15) is 65.2 Å². The lowest BCUT2D eigenvalue weighted by molar-refractivity contribution is -0.142. The third-order valence-corrected chi connectivity index (χ3v) is 8.45. The average molecular weight is 626 g/mol. The van der Waals surface area contributed by atoms with E-state index in [1.807, 2.05) is 25.1 Å². The Labute approximate surface area is 266 Å². The zero-order valence-electron chi connectivity index (χ0n) is 26.9. The van der Waals surface area contributed by atoms with Crippen molar-refractivity contribution < 1.29 is 19.4 Å². The van der Waals surface area contributed by atoms with Gasteiger partial charge in [0.2, 0.25) is 23.8 Å². The van der Waals surface area contributed by atoms with Gasteiger partial charge in [-0.25, -0.2) is 0 Å². The number of nitrogens with two attached hydrogens (primary N) is 1. The number of benzene rings is 1. The van der Waals surface area contributed by atoms with Gasteiger partial charge in [-0.15, -0.1) is 0 Å². The van der Waals surface area contributed by atoms with Crippen LogP contribution in [0.5, 0.6) is 5.75 Å². The van der Waals surface area contributed by atoms with E-state index in [0.29, 0.717) is 63.5 Å². The number of piperazine rings is 1. The maximum absolute atomic E-state index is 12.2. The fraction of sp³-hybridized carbons (Fsp3) is 0.656. The topological polar surface area (TPSA) is 162 Å². The van der Waals surface area contributed by atoms with E-state index in [4.69, 9.17) is 25.4 Å². The van der Waals surface area contributed by atoms with Crippen molar-refractivity contribution in [2.24, 2.45) is 11.7 Å².